The maximum absolute atomic E-state index is 14.2. The molecule has 0 aliphatic heterocycles. The van der Waals surface area contributed by atoms with E-state index in [4.69, 9.17) is 4.98 Å². The van der Waals surface area contributed by atoms with Crippen LogP contribution in [0.25, 0.3) is 16.6 Å². The second kappa shape index (κ2) is 9.87. The lowest BCUT2D eigenvalue weighted by Crippen LogP contribution is -2.40. The molecule has 1 atom stereocenters. The van der Waals surface area contributed by atoms with E-state index in [1.54, 1.807) is 33.7 Å². The molecule has 0 saturated carbocycles. The molecule has 1 heterocycles. The van der Waals surface area contributed by atoms with Gasteiger partial charge in [-0.3, -0.25) is 9.36 Å². The molecule has 0 radical (unpaired) electrons. The van der Waals surface area contributed by atoms with Gasteiger partial charge in [0.1, 0.15) is 11.6 Å². The van der Waals surface area contributed by atoms with E-state index in [2.05, 4.69) is 5.32 Å². The number of urea groups is 1. The number of aryl methyl sites for hydroxylation is 1. The molecule has 4 aromatic rings. The predicted molar refractivity (Wildman–Crippen MR) is 133 cm³/mol. The van der Waals surface area contributed by atoms with E-state index in [1.165, 1.54) is 12.1 Å². The van der Waals surface area contributed by atoms with Gasteiger partial charge in [-0.2, -0.15) is 0 Å². The quantitative estimate of drug-likeness (QED) is 0.395. The van der Waals surface area contributed by atoms with Gasteiger partial charge < -0.3 is 10.2 Å². The molecular formula is C27H27FN4O2. The highest BCUT2D eigenvalue weighted by Crippen LogP contribution is 2.27. The number of hydrogen-bond donors (Lipinski definition) is 1. The van der Waals surface area contributed by atoms with Crippen molar-refractivity contribution in [3.8, 4) is 5.69 Å². The highest BCUT2D eigenvalue weighted by atomic mass is 19.1. The molecule has 0 aliphatic rings. The summed E-state index contributed by atoms with van der Waals surface area (Å²) in [4.78, 5) is 33.3. The number of carbonyl (C=O) groups is 1. The zero-order chi connectivity index (χ0) is 24.2. The fourth-order valence-electron chi connectivity index (χ4n) is 4.19. The average Bonchev–Trinajstić information content (AvgIpc) is 2.83. The van der Waals surface area contributed by atoms with Crippen LogP contribution < -0.4 is 10.9 Å². The first-order valence-electron chi connectivity index (χ1n) is 11.4. The van der Waals surface area contributed by atoms with E-state index >= 15 is 0 Å². The van der Waals surface area contributed by atoms with Crippen LogP contribution >= 0.6 is 0 Å². The summed E-state index contributed by atoms with van der Waals surface area (Å²) in [5, 5.41) is 3.16. The molecule has 0 spiro atoms. The Morgan fingerprint density at radius 2 is 1.79 bits per heavy atom. The molecule has 0 saturated heterocycles. The molecule has 0 fully saturated rings. The Bertz CT molecular complexity index is 1400. The van der Waals surface area contributed by atoms with Crippen molar-refractivity contribution >= 4 is 22.6 Å². The van der Waals surface area contributed by atoms with E-state index in [0.717, 1.165) is 5.56 Å². The molecule has 174 valence electrons. The zero-order valence-corrected chi connectivity index (χ0v) is 19.5. The van der Waals surface area contributed by atoms with Gasteiger partial charge in [-0.25, -0.2) is 14.2 Å². The van der Waals surface area contributed by atoms with E-state index in [-0.39, 0.29) is 11.2 Å². The first-order valence-corrected chi connectivity index (χ1v) is 11.4. The largest absolute Gasteiger partial charge is 0.322 e. The number of nitrogens with one attached hydrogen (secondary N) is 1. The first-order chi connectivity index (χ1) is 16.4. The van der Waals surface area contributed by atoms with Crippen LogP contribution in [0.5, 0.6) is 0 Å². The molecule has 6 nitrogen and oxygen atoms in total. The summed E-state index contributed by atoms with van der Waals surface area (Å²) in [6, 6.07) is 19.9. The van der Waals surface area contributed by atoms with Crippen LogP contribution in [0.4, 0.5) is 14.9 Å². The van der Waals surface area contributed by atoms with Gasteiger partial charge in [-0.15, -0.1) is 0 Å². The molecule has 0 aliphatic carbocycles. The zero-order valence-electron chi connectivity index (χ0n) is 19.5. The lowest BCUT2D eigenvalue weighted by Gasteiger charge is -2.31. The highest BCUT2D eigenvalue weighted by Gasteiger charge is 2.28. The Kier molecular flexibility index (Phi) is 6.72. The molecule has 0 bridgehead atoms. The van der Waals surface area contributed by atoms with Gasteiger partial charge in [0.15, 0.2) is 0 Å². The number of anilines is 1. The van der Waals surface area contributed by atoms with Crippen molar-refractivity contribution in [1.29, 1.82) is 0 Å². The van der Waals surface area contributed by atoms with Crippen LogP contribution in [-0.4, -0.2) is 27.0 Å². The highest BCUT2D eigenvalue weighted by molar-refractivity contribution is 5.89. The summed E-state index contributed by atoms with van der Waals surface area (Å²) >= 11 is 0. The number of para-hydroxylation sites is 2. The standard InChI is InChI=1S/C27H27FN4O2/c1-4-24(31(5-2)27(34)30-23-16-9-7-14-21(23)28)25-29-22-15-8-6-13-20(22)26(33)32(25)19-12-10-11-18(3)17-19/h6-17,24H,4-5H2,1-3H3,(H,30,34). The van der Waals surface area contributed by atoms with Gasteiger partial charge in [-0.05, 0) is 62.2 Å². The Labute approximate surface area is 197 Å². The van der Waals surface area contributed by atoms with Gasteiger partial charge in [0.2, 0.25) is 0 Å². The Balaban J connectivity index is 1.87. The van der Waals surface area contributed by atoms with Crippen LogP contribution in [-0.2, 0) is 0 Å². The molecule has 4 rings (SSSR count). The number of fused-ring (bicyclic) bond motifs is 1. The van der Waals surface area contributed by atoms with Crippen LogP contribution in [0.2, 0.25) is 0 Å². The summed E-state index contributed by atoms with van der Waals surface area (Å²) in [6.07, 6.45) is 0.509. The summed E-state index contributed by atoms with van der Waals surface area (Å²) in [5.41, 5.74) is 2.15. The predicted octanol–water partition coefficient (Wildman–Crippen LogP) is 5.84. The van der Waals surface area contributed by atoms with E-state index < -0.39 is 17.9 Å². The van der Waals surface area contributed by atoms with Crippen molar-refractivity contribution in [1.82, 2.24) is 14.5 Å². The summed E-state index contributed by atoms with van der Waals surface area (Å²) in [6.45, 7) is 6.08. The van der Waals surface area contributed by atoms with Crippen molar-refractivity contribution in [2.75, 3.05) is 11.9 Å². The second-order valence-corrected chi connectivity index (χ2v) is 8.09. The van der Waals surface area contributed by atoms with E-state index in [0.29, 0.717) is 35.4 Å². The summed E-state index contributed by atoms with van der Waals surface area (Å²) in [7, 11) is 0. The Hall–Kier alpha value is -4.00. The number of benzene rings is 3. The summed E-state index contributed by atoms with van der Waals surface area (Å²) in [5.74, 6) is -0.0530. The fourth-order valence-corrected chi connectivity index (χ4v) is 4.19. The van der Waals surface area contributed by atoms with Crippen LogP contribution in [0, 0.1) is 12.7 Å². The number of halogens is 1. The average molecular weight is 459 g/mol. The van der Waals surface area contributed by atoms with Crippen molar-refractivity contribution < 1.29 is 9.18 Å². The number of carbonyl (C=O) groups excluding carboxylic acids is 1. The second-order valence-electron chi connectivity index (χ2n) is 8.09. The maximum atomic E-state index is 14.2. The molecule has 1 aromatic heterocycles. The molecule has 34 heavy (non-hydrogen) atoms. The lowest BCUT2D eigenvalue weighted by atomic mass is 10.1. The van der Waals surface area contributed by atoms with Gasteiger partial charge in [0.25, 0.3) is 5.56 Å². The SMILES string of the molecule is CCC(c1nc2ccccc2c(=O)n1-c1cccc(C)c1)N(CC)C(=O)Nc1ccccc1F. The molecule has 7 heteroatoms. The third-order valence-corrected chi connectivity index (χ3v) is 5.84. The number of nitrogens with zero attached hydrogens (tertiary/aromatic N) is 3. The minimum Gasteiger partial charge on any atom is -0.315 e. The van der Waals surface area contributed by atoms with Crippen LogP contribution in [0.15, 0.2) is 77.6 Å². The molecule has 1 unspecified atom stereocenters. The molecule has 2 amide bonds. The van der Waals surface area contributed by atoms with Crippen molar-refractivity contribution in [3.05, 3.63) is 100 Å². The van der Waals surface area contributed by atoms with Crippen molar-refractivity contribution in [2.45, 2.75) is 33.2 Å². The normalized spacial score (nSPS) is 11.9. The van der Waals surface area contributed by atoms with Gasteiger partial charge in [0.05, 0.1) is 28.3 Å². The minimum atomic E-state index is -0.519. The monoisotopic (exact) mass is 458 g/mol. The number of aromatic nitrogens is 2. The topological polar surface area (TPSA) is 67.2 Å². The van der Waals surface area contributed by atoms with Crippen LogP contribution in [0.1, 0.15) is 37.7 Å². The van der Waals surface area contributed by atoms with Gasteiger partial charge >= 0.3 is 6.03 Å². The van der Waals surface area contributed by atoms with Gasteiger partial charge in [0, 0.05) is 6.54 Å². The number of hydrogen-bond acceptors (Lipinski definition) is 3. The number of amides is 2. The fraction of sp³-hybridized carbons (Fsp3) is 0.222. The van der Waals surface area contributed by atoms with E-state index in [1.807, 2.05) is 57.2 Å². The summed E-state index contributed by atoms with van der Waals surface area (Å²) < 4.78 is 15.8. The number of rotatable bonds is 6. The van der Waals surface area contributed by atoms with E-state index in [9.17, 15) is 14.0 Å². The minimum absolute atomic E-state index is 0.100. The third kappa shape index (κ3) is 4.41. The smallest absolute Gasteiger partial charge is 0.315 e. The Morgan fingerprint density at radius 3 is 2.50 bits per heavy atom. The Morgan fingerprint density at radius 1 is 1.06 bits per heavy atom. The van der Waals surface area contributed by atoms with Crippen LogP contribution in [0.3, 0.4) is 0 Å². The van der Waals surface area contributed by atoms with Gasteiger partial charge in [-0.1, -0.05) is 43.3 Å². The molecule has 3 aromatic carbocycles. The first kappa shape index (κ1) is 23.2. The molecule has 1 N–H and O–H groups in total. The van der Waals surface area contributed by atoms with Crippen molar-refractivity contribution in [3.63, 3.8) is 0 Å². The lowest BCUT2D eigenvalue weighted by molar-refractivity contribution is 0.185. The third-order valence-electron chi connectivity index (χ3n) is 5.84. The molecular weight excluding hydrogens is 431 g/mol. The van der Waals surface area contributed by atoms with Crippen molar-refractivity contribution in [2.24, 2.45) is 0 Å². The maximum Gasteiger partial charge on any atom is 0.322 e.